The third kappa shape index (κ3) is 6.62. The maximum atomic E-state index is 11.3. The van der Waals surface area contributed by atoms with Crippen molar-refractivity contribution >= 4 is 5.91 Å². The zero-order valence-electron chi connectivity index (χ0n) is 11.6. The highest BCUT2D eigenvalue weighted by molar-refractivity contribution is 5.88. The minimum absolute atomic E-state index is 0.151. The Labute approximate surface area is 114 Å². The zero-order valence-corrected chi connectivity index (χ0v) is 11.6. The van der Waals surface area contributed by atoms with Gasteiger partial charge in [-0.05, 0) is 38.5 Å². The molecule has 1 rings (SSSR count). The fourth-order valence-electron chi connectivity index (χ4n) is 1.49. The van der Waals surface area contributed by atoms with Crippen LogP contribution in [0.25, 0.3) is 0 Å². The average Bonchev–Trinajstić information content (AvgIpc) is 2.33. The SMILES string of the molecule is CC(C)=CC(=O)NCC(O)COc1cccc(C)c1. The molecule has 0 aliphatic rings. The highest BCUT2D eigenvalue weighted by atomic mass is 16.5. The van der Waals surface area contributed by atoms with Crippen molar-refractivity contribution in [3.8, 4) is 5.75 Å². The molecule has 0 saturated heterocycles. The molecule has 4 nitrogen and oxygen atoms in total. The van der Waals surface area contributed by atoms with Crippen LogP contribution in [0.4, 0.5) is 0 Å². The third-order valence-electron chi connectivity index (χ3n) is 2.36. The first-order valence-corrected chi connectivity index (χ1v) is 6.27. The lowest BCUT2D eigenvalue weighted by Crippen LogP contribution is -2.34. The summed E-state index contributed by atoms with van der Waals surface area (Å²) in [6.45, 7) is 5.99. The molecule has 0 aromatic heterocycles. The van der Waals surface area contributed by atoms with Crippen molar-refractivity contribution < 1.29 is 14.6 Å². The molecule has 1 aromatic rings. The van der Waals surface area contributed by atoms with Crippen LogP contribution < -0.4 is 10.1 Å². The normalized spacial score (nSPS) is 11.6. The molecule has 0 aliphatic carbocycles. The van der Waals surface area contributed by atoms with Gasteiger partial charge in [-0.1, -0.05) is 17.7 Å². The van der Waals surface area contributed by atoms with Gasteiger partial charge in [0.05, 0.1) is 0 Å². The van der Waals surface area contributed by atoms with Gasteiger partial charge in [-0.2, -0.15) is 0 Å². The second-order valence-corrected chi connectivity index (χ2v) is 4.75. The molecule has 0 bridgehead atoms. The van der Waals surface area contributed by atoms with Gasteiger partial charge in [0.25, 0.3) is 0 Å². The summed E-state index contributed by atoms with van der Waals surface area (Å²) in [5.74, 6) is 0.518. The van der Waals surface area contributed by atoms with E-state index < -0.39 is 6.10 Å². The second-order valence-electron chi connectivity index (χ2n) is 4.75. The number of ether oxygens (including phenoxy) is 1. The summed E-state index contributed by atoms with van der Waals surface area (Å²) in [5.41, 5.74) is 2.02. The molecule has 4 heteroatoms. The number of benzene rings is 1. The lowest BCUT2D eigenvalue weighted by molar-refractivity contribution is -0.117. The summed E-state index contributed by atoms with van der Waals surface area (Å²) in [5, 5.41) is 12.3. The first-order valence-electron chi connectivity index (χ1n) is 6.27. The lowest BCUT2D eigenvalue weighted by Gasteiger charge is -2.13. The van der Waals surface area contributed by atoms with E-state index in [-0.39, 0.29) is 19.1 Å². The zero-order chi connectivity index (χ0) is 14.3. The molecule has 0 heterocycles. The van der Waals surface area contributed by atoms with Crippen molar-refractivity contribution in [1.82, 2.24) is 5.32 Å². The number of aliphatic hydroxyl groups excluding tert-OH is 1. The van der Waals surface area contributed by atoms with Crippen molar-refractivity contribution in [2.24, 2.45) is 0 Å². The van der Waals surface area contributed by atoms with E-state index in [0.717, 1.165) is 16.9 Å². The van der Waals surface area contributed by atoms with Gasteiger partial charge in [-0.3, -0.25) is 4.79 Å². The number of aryl methyl sites for hydroxylation is 1. The Morgan fingerprint density at radius 2 is 2.21 bits per heavy atom. The molecule has 1 unspecified atom stereocenters. The van der Waals surface area contributed by atoms with Crippen molar-refractivity contribution in [2.45, 2.75) is 26.9 Å². The topological polar surface area (TPSA) is 58.6 Å². The third-order valence-corrected chi connectivity index (χ3v) is 2.36. The number of allylic oxidation sites excluding steroid dienone is 1. The molecule has 1 atom stereocenters. The fourth-order valence-corrected chi connectivity index (χ4v) is 1.49. The Balaban J connectivity index is 2.30. The van der Waals surface area contributed by atoms with E-state index >= 15 is 0 Å². The number of carbonyl (C=O) groups is 1. The van der Waals surface area contributed by atoms with Crippen LogP contribution in [0.5, 0.6) is 5.75 Å². The minimum Gasteiger partial charge on any atom is -0.491 e. The van der Waals surface area contributed by atoms with Gasteiger partial charge >= 0.3 is 0 Å². The highest BCUT2D eigenvalue weighted by Gasteiger charge is 2.06. The van der Waals surface area contributed by atoms with Gasteiger partial charge in [-0.25, -0.2) is 0 Å². The number of amides is 1. The molecular weight excluding hydrogens is 242 g/mol. The Morgan fingerprint density at radius 3 is 2.84 bits per heavy atom. The number of aliphatic hydroxyl groups is 1. The summed E-state index contributed by atoms with van der Waals surface area (Å²) in [6, 6.07) is 7.60. The van der Waals surface area contributed by atoms with Gasteiger partial charge in [0.15, 0.2) is 0 Å². The number of hydrogen-bond donors (Lipinski definition) is 2. The standard InChI is InChI=1S/C15H21NO3/c1-11(2)7-15(18)16-9-13(17)10-19-14-6-4-5-12(3)8-14/h4-8,13,17H,9-10H2,1-3H3,(H,16,18). The molecule has 0 spiro atoms. The molecule has 1 amide bonds. The summed E-state index contributed by atoms with van der Waals surface area (Å²) in [4.78, 5) is 11.3. The maximum Gasteiger partial charge on any atom is 0.244 e. The number of hydrogen-bond acceptors (Lipinski definition) is 3. The summed E-state index contributed by atoms with van der Waals surface area (Å²) in [7, 11) is 0. The maximum absolute atomic E-state index is 11.3. The largest absolute Gasteiger partial charge is 0.491 e. The molecule has 1 aromatic carbocycles. The summed E-state index contributed by atoms with van der Waals surface area (Å²) in [6.07, 6.45) is 0.767. The van der Waals surface area contributed by atoms with E-state index in [2.05, 4.69) is 5.32 Å². The molecule has 0 saturated carbocycles. The van der Waals surface area contributed by atoms with Gasteiger partial charge in [0, 0.05) is 12.6 Å². The molecule has 104 valence electrons. The first kappa shape index (κ1) is 15.2. The summed E-state index contributed by atoms with van der Waals surface area (Å²) < 4.78 is 5.45. The quantitative estimate of drug-likeness (QED) is 0.770. The van der Waals surface area contributed by atoms with Crippen LogP contribution in [0.2, 0.25) is 0 Å². The predicted octanol–water partition coefficient (Wildman–Crippen LogP) is 1.82. The van der Waals surface area contributed by atoms with E-state index in [4.69, 9.17) is 4.74 Å². The average molecular weight is 263 g/mol. The number of rotatable bonds is 6. The minimum atomic E-state index is -0.727. The highest BCUT2D eigenvalue weighted by Crippen LogP contribution is 2.12. The lowest BCUT2D eigenvalue weighted by atomic mass is 10.2. The molecule has 0 radical (unpaired) electrons. The Kier molecular flexibility index (Phi) is 6.09. The van der Waals surface area contributed by atoms with Crippen LogP contribution in [-0.2, 0) is 4.79 Å². The van der Waals surface area contributed by atoms with E-state index in [0.29, 0.717) is 0 Å². The van der Waals surface area contributed by atoms with Crippen LogP contribution in [-0.4, -0.2) is 30.3 Å². The molecular formula is C15H21NO3. The molecule has 0 aliphatic heterocycles. The van der Waals surface area contributed by atoms with Crippen molar-refractivity contribution in [3.63, 3.8) is 0 Å². The van der Waals surface area contributed by atoms with Gasteiger partial charge < -0.3 is 15.2 Å². The van der Waals surface area contributed by atoms with Crippen LogP contribution >= 0.6 is 0 Å². The smallest absolute Gasteiger partial charge is 0.244 e. The van der Waals surface area contributed by atoms with Crippen LogP contribution in [0.3, 0.4) is 0 Å². The van der Waals surface area contributed by atoms with Crippen LogP contribution in [0, 0.1) is 6.92 Å². The number of nitrogens with one attached hydrogen (secondary N) is 1. The fraction of sp³-hybridized carbons (Fsp3) is 0.400. The Bertz CT molecular complexity index is 450. The van der Waals surface area contributed by atoms with Crippen molar-refractivity contribution in [3.05, 3.63) is 41.5 Å². The van der Waals surface area contributed by atoms with E-state index in [1.54, 1.807) is 0 Å². The van der Waals surface area contributed by atoms with Gasteiger partial charge in [-0.15, -0.1) is 0 Å². The van der Waals surface area contributed by atoms with Crippen LogP contribution in [0.1, 0.15) is 19.4 Å². The Morgan fingerprint density at radius 1 is 1.47 bits per heavy atom. The van der Waals surface area contributed by atoms with Gasteiger partial charge in [0.2, 0.25) is 5.91 Å². The van der Waals surface area contributed by atoms with Gasteiger partial charge in [0.1, 0.15) is 18.5 Å². The van der Waals surface area contributed by atoms with E-state index in [1.165, 1.54) is 6.08 Å². The molecule has 0 fully saturated rings. The molecule has 2 N–H and O–H groups in total. The number of carbonyl (C=O) groups excluding carboxylic acids is 1. The van der Waals surface area contributed by atoms with Crippen LogP contribution in [0.15, 0.2) is 35.9 Å². The van der Waals surface area contributed by atoms with Crippen molar-refractivity contribution in [2.75, 3.05) is 13.2 Å². The summed E-state index contributed by atoms with van der Waals surface area (Å²) >= 11 is 0. The monoisotopic (exact) mass is 263 g/mol. The predicted molar refractivity (Wildman–Crippen MR) is 75.1 cm³/mol. The Hall–Kier alpha value is -1.81. The van der Waals surface area contributed by atoms with E-state index in [9.17, 15) is 9.90 Å². The van der Waals surface area contributed by atoms with Crippen molar-refractivity contribution in [1.29, 1.82) is 0 Å². The molecule has 19 heavy (non-hydrogen) atoms. The van der Waals surface area contributed by atoms with E-state index in [1.807, 2.05) is 45.0 Å². The second kappa shape index (κ2) is 7.59. The first-order chi connectivity index (χ1) is 8.97.